The average molecular weight is 306 g/mol. The van der Waals surface area contributed by atoms with Gasteiger partial charge in [0.2, 0.25) is 0 Å². The van der Waals surface area contributed by atoms with E-state index < -0.39 is 15.8 Å². The highest BCUT2D eigenvalue weighted by molar-refractivity contribution is 7.91. The molecule has 0 saturated carbocycles. The van der Waals surface area contributed by atoms with Crippen LogP contribution >= 0.6 is 0 Å². The fraction of sp³-hybridized carbons (Fsp3) is 0.833. The first-order valence-electron chi connectivity index (χ1n) is 6.74. The molecule has 20 heavy (non-hydrogen) atoms. The van der Waals surface area contributed by atoms with Gasteiger partial charge in [0.05, 0.1) is 11.5 Å². The van der Waals surface area contributed by atoms with E-state index in [0.717, 1.165) is 0 Å². The summed E-state index contributed by atoms with van der Waals surface area (Å²) in [7, 11) is -3.09. The molecule has 1 atom stereocenters. The smallest absolute Gasteiger partial charge is 0.323 e. The highest BCUT2D eigenvalue weighted by Gasteiger charge is 2.29. The molecule has 1 saturated heterocycles. The number of aliphatic carboxylic acids is 1. The number of carboxylic acids is 1. The summed E-state index contributed by atoms with van der Waals surface area (Å²) >= 11 is 0. The van der Waals surface area contributed by atoms with E-state index in [1.54, 1.807) is 6.92 Å². The Morgan fingerprint density at radius 2 is 1.95 bits per heavy atom. The maximum atomic E-state index is 12.4. The number of urea groups is 1. The molecule has 0 aromatic heterocycles. The molecule has 7 nitrogen and oxygen atoms in total. The fourth-order valence-corrected chi connectivity index (χ4v) is 3.36. The van der Waals surface area contributed by atoms with E-state index in [4.69, 9.17) is 5.11 Å². The molecule has 0 spiro atoms. The normalized spacial score (nSPS) is 20.0. The Bertz CT molecular complexity index is 462. The molecule has 0 bridgehead atoms. The Hall–Kier alpha value is -1.31. The summed E-state index contributed by atoms with van der Waals surface area (Å²) in [6.07, 6.45) is 1.04. The van der Waals surface area contributed by atoms with Crippen molar-refractivity contribution in [2.45, 2.75) is 32.7 Å². The van der Waals surface area contributed by atoms with Crippen LogP contribution in [-0.2, 0) is 14.6 Å². The van der Waals surface area contributed by atoms with E-state index in [2.05, 4.69) is 0 Å². The molecule has 1 fully saturated rings. The van der Waals surface area contributed by atoms with Crippen molar-refractivity contribution in [3.63, 3.8) is 0 Å². The standard InChI is InChI=1S/C12H22N2O5S/c1-3-10(2)14(9-11(15)16)12(17)13-5-4-7-20(18,19)8-6-13/h10H,3-9H2,1-2H3,(H,15,16). The van der Waals surface area contributed by atoms with E-state index in [9.17, 15) is 18.0 Å². The first-order chi connectivity index (χ1) is 9.26. The number of carbonyl (C=O) groups excluding carboxylic acids is 1. The van der Waals surface area contributed by atoms with Crippen LogP contribution in [0.3, 0.4) is 0 Å². The second-order valence-electron chi connectivity index (χ2n) is 5.05. The second kappa shape index (κ2) is 6.92. The van der Waals surface area contributed by atoms with Crippen molar-refractivity contribution >= 4 is 21.8 Å². The van der Waals surface area contributed by atoms with E-state index in [-0.39, 0.29) is 36.7 Å². The highest BCUT2D eigenvalue weighted by Crippen LogP contribution is 2.12. The van der Waals surface area contributed by atoms with Gasteiger partial charge in [0.1, 0.15) is 6.54 Å². The van der Waals surface area contributed by atoms with Crippen LogP contribution in [-0.4, -0.2) is 72.5 Å². The van der Waals surface area contributed by atoms with Gasteiger partial charge in [-0.2, -0.15) is 0 Å². The lowest BCUT2D eigenvalue weighted by Gasteiger charge is -2.32. The number of rotatable bonds is 4. The van der Waals surface area contributed by atoms with Crippen molar-refractivity contribution in [3.8, 4) is 0 Å². The zero-order valence-electron chi connectivity index (χ0n) is 11.9. The van der Waals surface area contributed by atoms with Gasteiger partial charge in [-0.05, 0) is 19.8 Å². The summed E-state index contributed by atoms with van der Waals surface area (Å²) in [4.78, 5) is 26.0. The molecule has 2 amide bonds. The molecular weight excluding hydrogens is 284 g/mol. The molecule has 1 N–H and O–H groups in total. The molecule has 0 aromatic carbocycles. The number of sulfone groups is 1. The van der Waals surface area contributed by atoms with E-state index >= 15 is 0 Å². The number of amides is 2. The Labute approximate surface area is 119 Å². The monoisotopic (exact) mass is 306 g/mol. The first-order valence-corrected chi connectivity index (χ1v) is 8.56. The maximum Gasteiger partial charge on any atom is 0.323 e. The van der Waals surface area contributed by atoms with Crippen LogP contribution in [0.25, 0.3) is 0 Å². The molecule has 1 aliphatic heterocycles. The van der Waals surface area contributed by atoms with E-state index in [0.29, 0.717) is 19.4 Å². The first kappa shape index (κ1) is 16.7. The predicted molar refractivity (Wildman–Crippen MR) is 74.3 cm³/mol. The van der Waals surface area contributed by atoms with Crippen molar-refractivity contribution in [3.05, 3.63) is 0 Å². The molecule has 116 valence electrons. The summed E-state index contributed by atoms with van der Waals surface area (Å²) in [5.74, 6) is -1.04. The molecule has 1 heterocycles. The Balaban J connectivity index is 2.80. The Morgan fingerprint density at radius 1 is 1.30 bits per heavy atom. The number of nitrogens with zero attached hydrogens (tertiary/aromatic N) is 2. The van der Waals surface area contributed by atoms with Gasteiger partial charge in [-0.15, -0.1) is 0 Å². The van der Waals surface area contributed by atoms with Crippen molar-refractivity contribution in [2.75, 3.05) is 31.1 Å². The van der Waals surface area contributed by atoms with Gasteiger partial charge in [-0.1, -0.05) is 6.92 Å². The van der Waals surface area contributed by atoms with Crippen molar-refractivity contribution < 1.29 is 23.1 Å². The molecule has 0 aromatic rings. The van der Waals surface area contributed by atoms with Crippen LogP contribution in [0.5, 0.6) is 0 Å². The van der Waals surface area contributed by atoms with Gasteiger partial charge < -0.3 is 14.9 Å². The average Bonchev–Trinajstić information content (AvgIpc) is 2.55. The van der Waals surface area contributed by atoms with Gasteiger partial charge in [0.15, 0.2) is 9.84 Å². The van der Waals surface area contributed by atoms with Gasteiger partial charge in [-0.3, -0.25) is 4.79 Å². The number of hydrogen-bond acceptors (Lipinski definition) is 4. The highest BCUT2D eigenvalue weighted by atomic mass is 32.2. The van der Waals surface area contributed by atoms with Crippen LogP contribution < -0.4 is 0 Å². The lowest BCUT2D eigenvalue weighted by atomic mass is 10.2. The number of carbonyl (C=O) groups is 2. The molecular formula is C12H22N2O5S. The van der Waals surface area contributed by atoms with Crippen molar-refractivity contribution in [1.29, 1.82) is 0 Å². The maximum absolute atomic E-state index is 12.4. The number of carboxylic acid groups (broad SMARTS) is 1. The zero-order valence-corrected chi connectivity index (χ0v) is 12.7. The minimum absolute atomic E-state index is 0.0554. The van der Waals surface area contributed by atoms with E-state index in [1.165, 1.54) is 9.80 Å². The summed E-state index contributed by atoms with van der Waals surface area (Å²) in [5, 5.41) is 8.91. The topological polar surface area (TPSA) is 95.0 Å². The lowest BCUT2D eigenvalue weighted by molar-refractivity contribution is -0.138. The zero-order chi connectivity index (χ0) is 15.3. The summed E-state index contributed by atoms with van der Waals surface area (Å²) in [5.41, 5.74) is 0. The summed E-state index contributed by atoms with van der Waals surface area (Å²) in [6, 6.07) is -0.586. The summed E-state index contributed by atoms with van der Waals surface area (Å²) < 4.78 is 23.1. The summed E-state index contributed by atoms with van der Waals surface area (Å²) in [6.45, 7) is 3.78. The third kappa shape index (κ3) is 4.66. The Kier molecular flexibility index (Phi) is 5.79. The van der Waals surface area contributed by atoms with E-state index in [1.807, 2.05) is 6.92 Å². The lowest BCUT2D eigenvalue weighted by Crippen LogP contribution is -2.49. The van der Waals surface area contributed by atoms with Gasteiger partial charge in [-0.25, -0.2) is 13.2 Å². The van der Waals surface area contributed by atoms with Gasteiger partial charge in [0, 0.05) is 19.1 Å². The van der Waals surface area contributed by atoms with Crippen LogP contribution in [0.15, 0.2) is 0 Å². The second-order valence-corrected chi connectivity index (χ2v) is 7.36. The minimum Gasteiger partial charge on any atom is -0.480 e. The quantitative estimate of drug-likeness (QED) is 0.812. The predicted octanol–water partition coefficient (Wildman–Crippen LogP) is 0.412. The third-order valence-corrected chi connectivity index (χ3v) is 5.22. The van der Waals surface area contributed by atoms with Crippen LogP contribution in [0.2, 0.25) is 0 Å². The molecule has 0 radical (unpaired) electrons. The molecule has 1 rings (SSSR count). The largest absolute Gasteiger partial charge is 0.480 e. The molecule has 8 heteroatoms. The molecule has 1 aliphatic rings. The Morgan fingerprint density at radius 3 is 2.50 bits per heavy atom. The van der Waals surface area contributed by atoms with Crippen LogP contribution in [0, 0.1) is 0 Å². The van der Waals surface area contributed by atoms with Crippen molar-refractivity contribution in [1.82, 2.24) is 9.80 Å². The molecule has 0 aliphatic carbocycles. The van der Waals surface area contributed by atoms with Gasteiger partial charge >= 0.3 is 12.0 Å². The van der Waals surface area contributed by atoms with Crippen LogP contribution in [0.1, 0.15) is 26.7 Å². The minimum atomic E-state index is -3.09. The van der Waals surface area contributed by atoms with Crippen LogP contribution in [0.4, 0.5) is 4.79 Å². The third-order valence-electron chi connectivity index (χ3n) is 3.50. The number of hydrogen-bond donors (Lipinski definition) is 1. The molecule has 1 unspecified atom stereocenters. The van der Waals surface area contributed by atoms with Gasteiger partial charge in [0.25, 0.3) is 0 Å². The SMILES string of the molecule is CCC(C)N(CC(=O)O)C(=O)N1CCCS(=O)(=O)CC1. The fourth-order valence-electron chi connectivity index (χ4n) is 2.09. The van der Waals surface area contributed by atoms with Crippen molar-refractivity contribution in [2.24, 2.45) is 0 Å².